The minimum Gasteiger partial charge on any atom is -0.462 e. The molecule has 0 spiro atoms. The van der Waals surface area contributed by atoms with Gasteiger partial charge in [0.15, 0.2) is 6.10 Å². The van der Waals surface area contributed by atoms with Gasteiger partial charge in [-0.3, -0.25) is 14.4 Å². The zero-order valence-corrected chi connectivity index (χ0v) is 41.3. The number of hydrogen-bond donors (Lipinski definition) is 0. The maximum absolute atomic E-state index is 12.7. The van der Waals surface area contributed by atoms with Crippen LogP contribution in [-0.4, -0.2) is 37.2 Å². The smallest absolute Gasteiger partial charge is 0.306 e. The fourth-order valence-electron chi connectivity index (χ4n) is 7.27. The third-order valence-electron chi connectivity index (χ3n) is 11.2. The van der Waals surface area contributed by atoms with Gasteiger partial charge in [0, 0.05) is 19.3 Å². The van der Waals surface area contributed by atoms with Crippen LogP contribution in [-0.2, 0) is 28.6 Å². The first-order valence-electron chi connectivity index (χ1n) is 26.4. The van der Waals surface area contributed by atoms with Crippen LogP contribution in [0.25, 0.3) is 0 Å². The lowest BCUT2D eigenvalue weighted by Crippen LogP contribution is -2.30. The van der Waals surface area contributed by atoms with E-state index < -0.39 is 6.10 Å². The Hall–Kier alpha value is -3.15. The Morgan fingerprint density at radius 1 is 0.333 bits per heavy atom. The van der Waals surface area contributed by atoms with Crippen molar-refractivity contribution in [2.75, 3.05) is 13.2 Å². The molecule has 0 aromatic rings. The van der Waals surface area contributed by atoms with Crippen molar-refractivity contribution in [1.82, 2.24) is 0 Å². The second-order valence-corrected chi connectivity index (χ2v) is 17.4. The molecule has 0 saturated carbocycles. The normalized spacial score (nSPS) is 12.6. The van der Waals surface area contributed by atoms with Gasteiger partial charge in [-0.25, -0.2) is 0 Å². The van der Waals surface area contributed by atoms with E-state index in [1.807, 2.05) is 0 Å². The first kappa shape index (κ1) is 59.9. The van der Waals surface area contributed by atoms with Crippen molar-refractivity contribution in [3.63, 3.8) is 0 Å². The highest BCUT2D eigenvalue weighted by Gasteiger charge is 2.19. The fraction of sp³-hybridized carbons (Fsp3) is 0.737. The summed E-state index contributed by atoms with van der Waals surface area (Å²) >= 11 is 0. The lowest BCUT2D eigenvalue weighted by Gasteiger charge is -2.18. The monoisotopic (exact) mass is 879 g/mol. The summed E-state index contributed by atoms with van der Waals surface area (Å²) in [7, 11) is 0. The minimum absolute atomic E-state index is 0.0759. The van der Waals surface area contributed by atoms with Gasteiger partial charge in [0.2, 0.25) is 0 Å². The Morgan fingerprint density at radius 2 is 0.619 bits per heavy atom. The maximum atomic E-state index is 12.7. The molecule has 6 nitrogen and oxygen atoms in total. The number of unbranched alkanes of at least 4 members (excludes halogenated alkanes) is 24. The molecule has 1 unspecified atom stereocenters. The summed E-state index contributed by atoms with van der Waals surface area (Å²) in [6, 6.07) is 0. The van der Waals surface area contributed by atoms with E-state index in [1.165, 1.54) is 109 Å². The van der Waals surface area contributed by atoms with Crippen molar-refractivity contribution < 1.29 is 28.6 Å². The van der Waals surface area contributed by atoms with Gasteiger partial charge >= 0.3 is 17.9 Å². The number of hydrogen-bond acceptors (Lipinski definition) is 6. The zero-order valence-electron chi connectivity index (χ0n) is 41.3. The number of carbonyl (C=O) groups excluding carboxylic acids is 3. The summed E-state index contributed by atoms with van der Waals surface area (Å²) in [5.74, 6) is -0.891. The molecule has 0 aliphatic rings. The topological polar surface area (TPSA) is 78.9 Å². The first-order chi connectivity index (χ1) is 31.0. The molecule has 0 aliphatic carbocycles. The van der Waals surface area contributed by atoms with Crippen LogP contribution in [0.15, 0.2) is 72.9 Å². The van der Waals surface area contributed by atoms with E-state index in [4.69, 9.17) is 14.2 Å². The Bertz CT molecular complexity index is 1190. The van der Waals surface area contributed by atoms with Crippen molar-refractivity contribution >= 4 is 17.9 Å². The molecular formula is C57H98O6. The van der Waals surface area contributed by atoms with E-state index in [-0.39, 0.29) is 31.1 Å². The summed E-state index contributed by atoms with van der Waals surface area (Å²) in [6.45, 7) is 6.46. The molecule has 6 heteroatoms. The SMILES string of the molecule is CC/C=C\C/C=C\C/C=C\C/C=C\C/C=C\C/C=C\CCCCCCCCCCC(=O)OCC(COC(=O)CCCCCCCC)OC(=O)CCCCCCCCCCCCCC. The van der Waals surface area contributed by atoms with Gasteiger partial charge in [0.05, 0.1) is 0 Å². The van der Waals surface area contributed by atoms with Crippen LogP contribution in [0.2, 0.25) is 0 Å². The van der Waals surface area contributed by atoms with E-state index in [1.54, 1.807) is 0 Å². The molecule has 0 aliphatic heterocycles. The summed E-state index contributed by atoms with van der Waals surface area (Å²) < 4.78 is 16.7. The van der Waals surface area contributed by atoms with Crippen LogP contribution in [0.4, 0.5) is 0 Å². The largest absolute Gasteiger partial charge is 0.462 e. The summed E-state index contributed by atoms with van der Waals surface area (Å²) in [5.41, 5.74) is 0. The van der Waals surface area contributed by atoms with Crippen LogP contribution in [0.5, 0.6) is 0 Å². The Balaban J connectivity index is 4.13. The maximum Gasteiger partial charge on any atom is 0.306 e. The van der Waals surface area contributed by atoms with E-state index in [2.05, 4.69) is 93.7 Å². The minimum atomic E-state index is -0.772. The molecule has 0 bridgehead atoms. The van der Waals surface area contributed by atoms with Gasteiger partial charge in [-0.1, -0.05) is 235 Å². The highest BCUT2D eigenvalue weighted by Crippen LogP contribution is 2.15. The molecule has 0 amide bonds. The molecule has 0 rings (SSSR count). The molecule has 1 atom stereocenters. The molecule has 0 radical (unpaired) electrons. The van der Waals surface area contributed by atoms with Crippen LogP contribution >= 0.6 is 0 Å². The zero-order chi connectivity index (χ0) is 45.8. The predicted octanol–water partition coefficient (Wildman–Crippen LogP) is 17.4. The summed E-state index contributed by atoms with van der Waals surface area (Å²) in [4.78, 5) is 37.7. The first-order valence-corrected chi connectivity index (χ1v) is 26.4. The number of esters is 3. The third-order valence-corrected chi connectivity index (χ3v) is 11.2. The average molecular weight is 879 g/mol. The molecule has 0 saturated heterocycles. The Labute approximate surface area is 389 Å². The van der Waals surface area contributed by atoms with E-state index in [0.717, 1.165) is 103 Å². The highest BCUT2D eigenvalue weighted by molar-refractivity contribution is 5.71. The number of rotatable bonds is 47. The molecule has 0 aromatic carbocycles. The molecule has 63 heavy (non-hydrogen) atoms. The molecule has 362 valence electrons. The lowest BCUT2D eigenvalue weighted by molar-refractivity contribution is -0.167. The van der Waals surface area contributed by atoms with Crippen LogP contribution in [0.3, 0.4) is 0 Å². The summed E-state index contributed by atoms with van der Waals surface area (Å²) in [6.07, 6.45) is 64.9. The van der Waals surface area contributed by atoms with Crippen molar-refractivity contribution in [3.05, 3.63) is 72.9 Å². The van der Waals surface area contributed by atoms with Crippen LogP contribution < -0.4 is 0 Å². The van der Waals surface area contributed by atoms with E-state index >= 15 is 0 Å². The fourth-order valence-corrected chi connectivity index (χ4v) is 7.27. The van der Waals surface area contributed by atoms with Gasteiger partial charge in [0.25, 0.3) is 0 Å². The van der Waals surface area contributed by atoms with Gasteiger partial charge in [-0.15, -0.1) is 0 Å². The van der Waals surface area contributed by atoms with Crippen molar-refractivity contribution in [3.8, 4) is 0 Å². The average Bonchev–Trinajstić information content (AvgIpc) is 3.28. The standard InChI is InChI=1S/C57H98O6/c1-4-7-10-13-16-18-20-22-23-24-25-26-27-28-29-30-31-32-33-34-35-36-38-39-41-44-47-50-56(59)62-53-54(52-61-55(58)49-46-43-15-12-9-6-3)63-57(60)51-48-45-42-40-37-21-19-17-14-11-8-5-2/h7,10,16,18,22-23,25-26,28-29,31-32,54H,4-6,8-9,11-15,17,19-21,24,27,30,33-53H2,1-3H3/b10-7-,18-16-,23-22-,26-25-,29-28-,32-31-. The number of allylic oxidation sites excluding steroid dienone is 12. The molecule has 0 heterocycles. The summed E-state index contributed by atoms with van der Waals surface area (Å²) in [5, 5.41) is 0. The Kier molecular flexibility index (Phi) is 48.9. The van der Waals surface area contributed by atoms with Gasteiger partial charge < -0.3 is 14.2 Å². The number of carbonyl (C=O) groups is 3. The quantitative estimate of drug-likeness (QED) is 0.0262. The van der Waals surface area contributed by atoms with E-state index in [0.29, 0.717) is 19.3 Å². The molecule has 0 fully saturated rings. The lowest BCUT2D eigenvalue weighted by atomic mass is 10.0. The van der Waals surface area contributed by atoms with Crippen molar-refractivity contribution in [2.45, 2.75) is 258 Å². The predicted molar refractivity (Wildman–Crippen MR) is 270 cm³/mol. The van der Waals surface area contributed by atoms with Gasteiger partial charge in [0.1, 0.15) is 13.2 Å². The van der Waals surface area contributed by atoms with E-state index in [9.17, 15) is 14.4 Å². The molecular weight excluding hydrogens is 781 g/mol. The Morgan fingerprint density at radius 3 is 0.968 bits per heavy atom. The van der Waals surface area contributed by atoms with Gasteiger partial charge in [-0.05, 0) is 70.6 Å². The van der Waals surface area contributed by atoms with Crippen LogP contribution in [0, 0.1) is 0 Å². The third kappa shape index (κ3) is 49.7. The van der Waals surface area contributed by atoms with Crippen molar-refractivity contribution in [2.24, 2.45) is 0 Å². The van der Waals surface area contributed by atoms with Crippen LogP contribution in [0.1, 0.15) is 252 Å². The molecule has 0 N–H and O–H groups in total. The second kappa shape index (κ2) is 51.5. The van der Waals surface area contributed by atoms with Gasteiger partial charge in [-0.2, -0.15) is 0 Å². The number of ether oxygens (including phenoxy) is 3. The highest BCUT2D eigenvalue weighted by atomic mass is 16.6. The molecule has 0 aromatic heterocycles. The van der Waals surface area contributed by atoms with Crippen molar-refractivity contribution in [1.29, 1.82) is 0 Å². The second-order valence-electron chi connectivity index (χ2n) is 17.4.